The van der Waals surface area contributed by atoms with Crippen molar-refractivity contribution in [3.05, 3.63) is 43.0 Å². The minimum Gasteiger partial charge on any atom is -0.322 e. The normalized spacial score (nSPS) is 11.4. The number of anilines is 1. The van der Waals surface area contributed by atoms with Crippen LogP contribution in [0.4, 0.5) is 5.69 Å². The van der Waals surface area contributed by atoms with Crippen molar-refractivity contribution in [3.63, 3.8) is 0 Å². The smallest absolute Gasteiger partial charge is 0.257 e. The van der Waals surface area contributed by atoms with Crippen molar-refractivity contribution in [2.75, 3.05) is 5.32 Å². The van der Waals surface area contributed by atoms with Gasteiger partial charge in [0, 0.05) is 5.69 Å². The molecule has 112 valence electrons. The maximum Gasteiger partial charge on any atom is 0.257 e. The average molecular weight is 454 g/mol. The van der Waals surface area contributed by atoms with Gasteiger partial charge in [-0.1, -0.05) is 6.07 Å². The van der Waals surface area contributed by atoms with Crippen LogP contribution in [-0.4, -0.2) is 14.3 Å². The summed E-state index contributed by atoms with van der Waals surface area (Å²) in [5.41, 5.74) is 1.27. The predicted molar refractivity (Wildman–Crippen MR) is 90.2 cm³/mol. The first kappa shape index (κ1) is 16.6. The number of nitrogens with one attached hydrogen (secondary N) is 1. The van der Waals surface area contributed by atoms with Crippen molar-refractivity contribution >= 4 is 64.8 Å². The van der Waals surface area contributed by atoms with Gasteiger partial charge in [0.1, 0.15) is 0 Å². The Balaban J connectivity index is 2.37. The number of rotatable bonds is 3. The fraction of sp³-hybridized carbons (Fsp3) is 0.0833. The van der Waals surface area contributed by atoms with Crippen LogP contribution in [0, 0.1) is 6.92 Å². The molecular formula is C12H10Br2N2O3S2. The number of thiophene rings is 1. The molecule has 0 spiro atoms. The number of benzene rings is 1. The van der Waals surface area contributed by atoms with E-state index in [0.29, 0.717) is 20.6 Å². The van der Waals surface area contributed by atoms with E-state index in [1.807, 2.05) is 0 Å². The van der Waals surface area contributed by atoms with Crippen molar-refractivity contribution in [2.24, 2.45) is 5.14 Å². The van der Waals surface area contributed by atoms with E-state index in [-0.39, 0.29) is 10.8 Å². The van der Waals surface area contributed by atoms with Gasteiger partial charge in [0.25, 0.3) is 5.91 Å². The first-order valence-electron chi connectivity index (χ1n) is 5.58. The molecular weight excluding hydrogens is 444 g/mol. The van der Waals surface area contributed by atoms with Crippen LogP contribution in [0.15, 0.2) is 36.7 Å². The van der Waals surface area contributed by atoms with Crippen molar-refractivity contribution in [3.8, 4) is 0 Å². The molecule has 3 N–H and O–H groups in total. The summed E-state index contributed by atoms with van der Waals surface area (Å²) in [4.78, 5) is 12.2. The lowest BCUT2D eigenvalue weighted by Crippen LogP contribution is -2.17. The number of carbonyl (C=O) groups is 1. The quantitative estimate of drug-likeness (QED) is 0.745. The predicted octanol–water partition coefficient (Wildman–Crippen LogP) is 3.48. The van der Waals surface area contributed by atoms with Gasteiger partial charge in [0.2, 0.25) is 10.0 Å². The summed E-state index contributed by atoms with van der Waals surface area (Å²) in [6, 6.07) is 6.23. The van der Waals surface area contributed by atoms with Crippen LogP contribution in [0.5, 0.6) is 0 Å². The maximum absolute atomic E-state index is 12.2. The molecule has 2 aromatic rings. The largest absolute Gasteiger partial charge is 0.322 e. The van der Waals surface area contributed by atoms with Gasteiger partial charge in [0.15, 0.2) is 0 Å². The highest BCUT2D eigenvalue weighted by atomic mass is 79.9. The van der Waals surface area contributed by atoms with E-state index in [1.165, 1.54) is 23.5 Å². The van der Waals surface area contributed by atoms with Crippen molar-refractivity contribution in [2.45, 2.75) is 11.8 Å². The standard InChI is InChI=1S/C12H10Br2N2O3S2/c1-6-8(3-2-4-9(6)21(15,18)19)16-12(17)7-5-10(13)20-11(7)14/h2-5H,1H3,(H,16,17)(H2,15,18,19). The third-order valence-corrected chi connectivity index (χ3v) is 6.13. The fourth-order valence-corrected chi connectivity index (χ4v) is 5.34. The van der Waals surface area contributed by atoms with Gasteiger partial charge in [-0.2, -0.15) is 0 Å². The van der Waals surface area contributed by atoms with Crippen LogP contribution in [0.3, 0.4) is 0 Å². The van der Waals surface area contributed by atoms with E-state index in [0.717, 1.165) is 3.79 Å². The number of amides is 1. The van der Waals surface area contributed by atoms with Gasteiger partial charge in [-0.25, -0.2) is 13.6 Å². The van der Waals surface area contributed by atoms with Gasteiger partial charge >= 0.3 is 0 Å². The first-order chi connectivity index (χ1) is 9.70. The molecule has 1 heterocycles. The molecule has 0 saturated heterocycles. The SMILES string of the molecule is Cc1c(NC(=O)c2cc(Br)sc2Br)cccc1S(N)(=O)=O. The summed E-state index contributed by atoms with van der Waals surface area (Å²) in [5.74, 6) is -0.335. The minimum atomic E-state index is -3.83. The number of halogens is 2. The second-order valence-electron chi connectivity index (χ2n) is 4.17. The van der Waals surface area contributed by atoms with Crippen LogP contribution < -0.4 is 10.5 Å². The maximum atomic E-state index is 12.2. The van der Waals surface area contributed by atoms with Gasteiger partial charge < -0.3 is 5.32 Å². The van der Waals surface area contributed by atoms with Crippen LogP contribution in [0.1, 0.15) is 15.9 Å². The minimum absolute atomic E-state index is 0.00846. The molecule has 0 saturated carbocycles. The number of nitrogens with two attached hydrogens (primary N) is 1. The van der Waals surface area contributed by atoms with E-state index in [2.05, 4.69) is 37.2 Å². The molecule has 0 bridgehead atoms. The Labute approximate surface area is 142 Å². The molecule has 21 heavy (non-hydrogen) atoms. The number of carbonyl (C=O) groups excluding carboxylic acids is 1. The van der Waals surface area contributed by atoms with Gasteiger partial charge in [-0.3, -0.25) is 4.79 Å². The molecule has 5 nitrogen and oxygen atoms in total. The average Bonchev–Trinajstić information content (AvgIpc) is 2.69. The first-order valence-corrected chi connectivity index (χ1v) is 9.53. The third kappa shape index (κ3) is 3.72. The van der Waals surface area contributed by atoms with Crippen molar-refractivity contribution in [1.82, 2.24) is 0 Å². The highest BCUT2D eigenvalue weighted by molar-refractivity contribution is 9.12. The topological polar surface area (TPSA) is 89.3 Å². The summed E-state index contributed by atoms with van der Waals surface area (Å²) in [6.07, 6.45) is 0. The lowest BCUT2D eigenvalue weighted by Gasteiger charge is -2.11. The summed E-state index contributed by atoms with van der Waals surface area (Å²) < 4.78 is 24.4. The second kappa shape index (κ2) is 6.17. The molecule has 1 aromatic carbocycles. The molecule has 1 amide bonds. The number of sulfonamides is 1. The lowest BCUT2D eigenvalue weighted by molar-refractivity contribution is 0.102. The van der Waals surface area contributed by atoms with Gasteiger partial charge in [0.05, 0.1) is 18.0 Å². The number of hydrogen-bond donors (Lipinski definition) is 2. The van der Waals surface area contributed by atoms with Crippen molar-refractivity contribution in [1.29, 1.82) is 0 Å². The van der Waals surface area contributed by atoms with E-state index in [9.17, 15) is 13.2 Å². The molecule has 0 aliphatic carbocycles. The highest BCUT2D eigenvalue weighted by Gasteiger charge is 2.18. The molecule has 0 unspecified atom stereocenters. The zero-order valence-corrected chi connectivity index (χ0v) is 15.5. The second-order valence-corrected chi connectivity index (χ2v) is 9.44. The summed E-state index contributed by atoms with van der Waals surface area (Å²) in [6.45, 7) is 1.59. The zero-order valence-electron chi connectivity index (χ0n) is 10.7. The molecule has 0 aliphatic rings. The van der Waals surface area contributed by atoms with Crippen LogP contribution in [0.25, 0.3) is 0 Å². The Morgan fingerprint density at radius 3 is 2.52 bits per heavy atom. The van der Waals surface area contributed by atoms with E-state index < -0.39 is 10.0 Å². The highest BCUT2D eigenvalue weighted by Crippen LogP contribution is 2.32. The van der Waals surface area contributed by atoms with Gasteiger partial charge in [-0.05, 0) is 62.5 Å². The molecule has 0 radical (unpaired) electrons. The number of primary sulfonamides is 1. The summed E-state index contributed by atoms with van der Waals surface area (Å²) >= 11 is 7.99. The Kier molecular flexibility index (Phi) is 4.89. The molecule has 0 fully saturated rings. The van der Waals surface area contributed by atoms with Crippen molar-refractivity contribution < 1.29 is 13.2 Å². The van der Waals surface area contributed by atoms with Gasteiger partial charge in [-0.15, -0.1) is 11.3 Å². The molecule has 1 aromatic heterocycles. The molecule has 9 heteroatoms. The van der Waals surface area contributed by atoms with Crippen LogP contribution in [0.2, 0.25) is 0 Å². The Morgan fingerprint density at radius 2 is 2.00 bits per heavy atom. The summed E-state index contributed by atoms with van der Waals surface area (Å²) in [7, 11) is -3.83. The summed E-state index contributed by atoms with van der Waals surface area (Å²) in [5, 5.41) is 7.83. The van der Waals surface area contributed by atoms with E-state index in [4.69, 9.17) is 5.14 Å². The molecule has 2 rings (SSSR count). The van der Waals surface area contributed by atoms with E-state index >= 15 is 0 Å². The lowest BCUT2D eigenvalue weighted by atomic mass is 10.2. The number of hydrogen-bond acceptors (Lipinski definition) is 4. The van der Waals surface area contributed by atoms with E-state index in [1.54, 1.807) is 19.1 Å². The third-order valence-electron chi connectivity index (χ3n) is 2.74. The molecule has 0 aliphatic heterocycles. The Morgan fingerprint density at radius 1 is 1.33 bits per heavy atom. The molecule has 0 atom stereocenters. The Hall–Kier alpha value is -0.740. The van der Waals surface area contributed by atoms with Crippen LogP contribution in [-0.2, 0) is 10.0 Å². The Bertz CT molecular complexity index is 816. The van der Waals surface area contributed by atoms with Crippen LogP contribution >= 0.6 is 43.2 Å². The fourth-order valence-electron chi connectivity index (χ4n) is 1.74. The zero-order chi connectivity index (χ0) is 15.8. The monoisotopic (exact) mass is 452 g/mol.